The summed E-state index contributed by atoms with van der Waals surface area (Å²) in [6, 6.07) is 5.86. The Morgan fingerprint density at radius 2 is 2.32 bits per heavy atom. The van der Waals surface area contributed by atoms with Gasteiger partial charge in [0.1, 0.15) is 12.7 Å². The van der Waals surface area contributed by atoms with Crippen molar-refractivity contribution >= 4 is 38.4 Å². The van der Waals surface area contributed by atoms with Crippen molar-refractivity contribution in [2.45, 2.75) is 13.5 Å². The highest BCUT2D eigenvalue weighted by Gasteiger charge is 2.13. The van der Waals surface area contributed by atoms with E-state index >= 15 is 0 Å². The van der Waals surface area contributed by atoms with Crippen molar-refractivity contribution in [1.82, 2.24) is 14.5 Å². The second kappa shape index (κ2) is 5.53. The third-order valence-corrected chi connectivity index (χ3v) is 3.86. The molecule has 1 aromatic carbocycles. The number of hydrogen-bond donors (Lipinski definition) is 1. The first-order chi connectivity index (χ1) is 10.5. The van der Waals surface area contributed by atoms with Crippen LogP contribution < -0.4 is 5.32 Å². The van der Waals surface area contributed by atoms with Crippen molar-refractivity contribution in [2.24, 2.45) is 0 Å². The van der Waals surface area contributed by atoms with E-state index in [4.69, 9.17) is 0 Å². The number of aryl methyl sites for hydroxylation is 1. The van der Waals surface area contributed by atoms with Gasteiger partial charge in [-0.15, -0.1) is 0 Å². The molecule has 2 aromatic heterocycles. The zero-order valence-electron chi connectivity index (χ0n) is 11.5. The molecule has 112 valence electrons. The lowest BCUT2D eigenvalue weighted by Gasteiger charge is -2.00. The molecule has 2 heterocycles. The Morgan fingerprint density at radius 3 is 3.05 bits per heavy atom. The molecule has 0 bridgehead atoms. The molecule has 22 heavy (non-hydrogen) atoms. The van der Waals surface area contributed by atoms with Gasteiger partial charge < -0.3 is 20.0 Å². The van der Waals surface area contributed by atoms with E-state index in [1.165, 1.54) is 28.4 Å². The van der Waals surface area contributed by atoms with Gasteiger partial charge in [-0.05, 0) is 34.5 Å². The van der Waals surface area contributed by atoms with Gasteiger partial charge in [0.2, 0.25) is 12.2 Å². The van der Waals surface area contributed by atoms with Gasteiger partial charge in [0.05, 0.1) is 10.2 Å². The fraction of sp³-hybridized carbons (Fsp3) is 0.154. The van der Waals surface area contributed by atoms with Gasteiger partial charge >= 0.3 is 5.82 Å². The van der Waals surface area contributed by atoms with Crippen LogP contribution in [0.2, 0.25) is 0 Å². The number of nitro groups is 1. The molecule has 0 aliphatic rings. The quantitative estimate of drug-likeness (QED) is 0.587. The largest absolute Gasteiger partial charge is 0.381 e. The van der Waals surface area contributed by atoms with Crippen LogP contribution >= 0.6 is 11.3 Å². The summed E-state index contributed by atoms with van der Waals surface area (Å²) in [5.74, 6) is -0.605. The average molecular weight is 317 g/mol. The van der Waals surface area contributed by atoms with Crippen LogP contribution in [-0.4, -0.2) is 25.4 Å². The molecule has 9 heteroatoms. The van der Waals surface area contributed by atoms with E-state index in [9.17, 15) is 14.9 Å². The predicted octanol–water partition coefficient (Wildman–Crippen LogP) is 2.35. The van der Waals surface area contributed by atoms with E-state index in [2.05, 4.69) is 15.3 Å². The number of rotatable bonds is 4. The molecule has 0 aliphatic carbocycles. The number of hydrogen-bond acceptors (Lipinski definition) is 6. The van der Waals surface area contributed by atoms with E-state index in [-0.39, 0.29) is 18.3 Å². The van der Waals surface area contributed by atoms with Crippen LogP contribution in [0.5, 0.6) is 0 Å². The van der Waals surface area contributed by atoms with Gasteiger partial charge in [-0.1, -0.05) is 17.4 Å². The van der Waals surface area contributed by atoms with Gasteiger partial charge in [0.25, 0.3) is 0 Å². The zero-order chi connectivity index (χ0) is 15.7. The van der Waals surface area contributed by atoms with Crippen LogP contribution in [0.25, 0.3) is 10.2 Å². The molecule has 0 fully saturated rings. The number of aromatic nitrogens is 3. The molecule has 8 nitrogen and oxygen atoms in total. The van der Waals surface area contributed by atoms with Gasteiger partial charge in [0, 0.05) is 0 Å². The summed E-state index contributed by atoms with van der Waals surface area (Å²) in [5.41, 5.74) is 1.95. The number of benzene rings is 1. The van der Waals surface area contributed by atoms with E-state index in [1.54, 1.807) is 0 Å². The number of carbonyl (C=O) groups is 1. The molecule has 0 saturated carbocycles. The summed E-state index contributed by atoms with van der Waals surface area (Å²) in [7, 11) is 0. The Hall–Kier alpha value is -2.81. The summed E-state index contributed by atoms with van der Waals surface area (Å²) in [6.07, 6.45) is 2.46. The molecule has 0 spiro atoms. The number of carbonyl (C=O) groups excluding carboxylic acids is 1. The molecule has 0 saturated heterocycles. The molecule has 1 N–H and O–H groups in total. The molecular formula is C13H11N5O3S. The van der Waals surface area contributed by atoms with Crippen LogP contribution in [0.3, 0.4) is 0 Å². The van der Waals surface area contributed by atoms with Crippen molar-refractivity contribution in [1.29, 1.82) is 0 Å². The minimum absolute atomic E-state index is 0.0597. The Bertz CT molecular complexity index is 870. The summed E-state index contributed by atoms with van der Waals surface area (Å²) in [4.78, 5) is 29.8. The van der Waals surface area contributed by atoms with E-state index in [0.717, 1.165) is 15.8 Å². The van der Waals surface area contributed by atoms with Gasteiger partial charge in [-0.3, -0.25) is 4.79 Å². The molecule has 0 aliphatic heterocycles. The van der Waals surface area contributed by atoms with E-state index in [1.807, 2.05) is 25.1 Å². The highest BCUT2D eigenvalue weighted by Crippen LogP contribution is 2.26. The maximum absolute atomic E-state index is 11.9. The number of imidazole rings is 1. The lowest BCUT2D eigenvalue weighted by atomic mass is 10.2. The minimum Gasteiger partial charge on any atom is -0.358 e. The fourth-order valence-electron chi connectivity index (χ4n) is 1.94. The number of nitrogens with zero attached hydrogens (tertiary/aromatic N) is 4. The molecule has 0 radical (unpaired) electrons. The Labute approximate surface area is 128 Å². The van der Waals surface area contributed by atoms with Crippen LogP contribution in [0.15, 0.2) is 30.7 Å². The lowest BCUT2D eigenvalue weighted by Crippen LogP contribution is -2.17. The first-order valence-corrected chi connectivity index (χ1v) is 7.16. The number of fused-ring (bicyclic) bond motifs is 1. The fourth-order valence-corrected chi connectivity index (χ4v) is 2.92. The Kier molecular flexibility index (Phi) is 3.55. The second-order valence-corrected chi connectivity index (χ2v) is 5.73. The molecule has 1 amide bonds. The summed E-state index contributed by atoms with van der Waals surface area (Å²) in [6.45, 7) is 1.93. The van der Waals surface area contributed by atoms with Crippen LogP contribution in [0.4, 0.5) is 10.9 Å². The summed E-state index contributed by atoms with van der Waals surface area (Å²) >= 11 is 1.38. The first kappa shape index (κ1) is 14.1. The third-order valence-electron chi connectivity index (χ3n) is 2.92. The van der Waals surface area contributed by atoms with Crippen molar-refractivity contribution < 1.29 is 9.72 Å². The first-order valence-electron chi connectivity index (χ1n) is 6.34. The SMILES string of the molecule is Cc1ccc2nc(NC(=O)Cn3cnc([N+](=O)[O-])c3)sc2c1. The molecule has 3 rings (SSSR count). The van der Waals surface area contributed by atoms with E-state index < -0.39 is 4.92 Å². The lowest BCUT2D eigenvalue weighted by molar-refractivity contribution is -0.389. The van der Waals surface area contributed by atoms with Gasteiger partial charge in [0.15, 0.2) is 5.13 Å². The number of nitrogens with one attached hydrogen (secondary N) is 1. The standard InChI is InChI=1S/C13H11N5O3S/c1-8-2-3-9-10(4-8)22-13(15-9)16-12(19)6-17-5-11(14-7-17)18(20)21/h2-5,7H,6H2,1H3,(H,15,16,19). The van der Waals surface area contributed by atoms with Gasteiger partial charge in [-0.25, -0.2) is 4.98 Å². The van der Waals surface area contributed by atoms with Crippen LogP contribution in [-0.2, 0) is 11.3 Å². The summed E-state index contributed by atoms with van der Waals surface area (Å²) in [5, 5.41) is 13.7. The Morgan fingerprint density at radius 1 is 1.50 bits per heavy atom. The van der Waals surface area contributed by atoms with Gasteiger partial charge in [-0.2, -0.15) is 0 Å². The maximum atomic E-state index is 11.9. The van der Waals surface area contributed by atoms with Crippen molar-refractivity contribution in [3.8, 4) is 0 Å². The topological polar surface area (TPSA) is 103 Å². The maximum Gasteiger partial charge on any atom is 0.381 e. The van der Waals surface area contributed by atoms with Crippen molar-refractivity contribution in [3.63, 3.8) is 0 Å². The van der Waals surface area contributed by atoms with Crippen molar-refractivity contribution in [2.75, 3.05) is 5.32 Å². The molecule has 0 atom stereocenters. The average Bonchev–Trinajstić information content (AvgIpc) is 3.04. The number of anilines is 1. The molecule has 3 aromatic rings. The highest BCUT2D eigenvalue weighted by molar-refractivity contribution is 7.22. The predicted molar refractivity (Wildman–Crippen MR) is 81.9 cm³/mol. The minimum atomic E-state index is -0.607. The smallest absolute Gasteiger partial charge is 0.358 e. The third kappa shape index (κ3) is 2.93. The zero-order valence-corrected chi connectivity index (χ0v) is 12.3. The van der Waals surface area contributed by atoms with Crippen molar-refractivity contribution in [3.05, 3.63) is 46.4 Å². The Balaban J connectivity index is 1.70. The summed E-state index contributed by atoms with van der Waals surface area (Å²) < 4.78 is 2.35. The number of thiazole rings is 1. The van der Waals surface area contributed by atoms with E-state index in [0.29, 0.717) is 5.13 Å². The normalized spacial score (nSPS) is 10.8. The number of amides is 1. The molecule has 0 unspecified atom stereocenters. The van der Waals surface area contributed by atoms with Crippen LogP contribution in [0.1, 0.15) is 5.56 Å². The second-order valence-electron chi connectivity index (χ2n) is 4.70. The molecular weight excluding hydrogens is 306 g/mol. The monoisotopic (exact) mass is 317 g/mol. The highest BCUT2D eigenvalue weighted by atomic mass is 32.1. The van der Waals surface area contributed by atoms with Crippen LogP contribution in [0, 0.1) is 17.0 Å².